The Morgan fingerprint density at radius 2 is 2.06 bits per heavy atom. The molecule has 3 nitrogen and oxygen atoms in total. The van der Waals surface area contributed by atoms with Crippen molar-refractivity contribution in [2.45, 2.75) is 52.6 Å². The highest BCUT2D eigenvalue weighted by Crippen LogP contribution is 2.08. The lowest BCUT2D eigenvalue weighted by Crippen LogP contribution is -2.25. The molecule has 0 saturated heterocycles. The summed E-state index contributed by atoms with van der Waals surface area (Å²) in [6.07, 6.45) is 5.88. The van der Waals surface area contributed by atoms with E-state index >= 15 is 0 Å². The molecule has 92 valence electrons. The first-order valence-corrected chi connectivity index (χ1v) is 6.30. The highest BCUT2D eigenvalue weighted by Gasteiger charge is 2.03. The minimum atomic E-state index is 0.584. The third kappa shape index (κ3) is 5.31. The van der Waals surface area contributed by atoms with Crippen molar-refractivity contribution in [2.75, 3.05) is 0 Å². The molecule has 0 amide bonds. The van der Waals surface area contributed by atoms with Gasteiger partial charge in [0.05, 0.1) is 5.69 Å². The van der Waals surface area contributed by atoms with Gasteiger partial charge in [-0.15, -0.1) is 0 Å². The van der Waals surface area contributed by atoms with E-state index in [0.29, 0.717) is 6.04 Å². The Morgan fingerprint density at radius 3 is 2.62 bits per heavy atom. The molecule has 16 heavy (non-hydrogen) atoms. The normalized spacial score (nSPS) is 13.3. The van der Waals surface area contributed by atoms with Crippen LogP contribution in [0.3, 0.4) is 0 Å². The van der Waals surface area contributed by atoms with Gasteiger partial charge >= 0.3 is 0 Å². The quantitative estimate of drug-likeness (QED) is 0.770. The van der Waals surface area contributed by atoms with E-state index in [1.165, 1.54) is 19.3 Å². The zero-order valence-corrected chi connectivity index (χ0v) is 11.0. The summed E-state index contributed by atoms with van der Waals surface area (Å²) in [7, 11) is 1.95. The molecule has 1 rings (SSSR count). The van der Waals surface area contributed by atoms with Crippen LogP contribution < -0.4 is 5.32 Å². The zero-order chi connectivity index (χ0) is 12.0. The number of nitrogens with zero attached hydrogens (tertiary/aromatic N) is 2. The number of aromatic nitrogens is 2. The molecule has 0 aliphatic carbocycles. The van der Waals surface area contributed by atoms with Crippen molar-refractivity contribution < 1.29 is 0 Å². The average molecular weight is 223 g/mol. The highest BCUT2D eigenvalue weighted by atomic mass is 15.3. The van der Waals surface area contributed by atoms with E-state index in [9.17, 15) is 0 Å². The second kappa shape index (κ2) is 6.69. The van der Waals surface area contributed by atoms with E-state index < -0.39 is 0 Å². The van der Waals surface area contributed by atoms with Crippen molar-refractivity contribution in [3.8, 4) is 0 Å². The Labute approximate surface area is 99.2 Å². The van der Waals surface area contributed by atoms with Gasteiger partial charge in [0.25, 0.3) is 0 Å². The summed E-state index contributed by atoms with van der Waals surface area (Å²) in [6, 6.07) is 2.65. The van der Waals surface area contributed by atoms with Crippen LogP contribution in [-0.2, 0) is 13.6 Å². The molecule has 0 spiro atoms. The van der Waals surface area contributed by atoms with Gasteiger partial charge in [-0.2, -0.15) is 5.10 Å². The first kappa shape index (κ1) is 13.2. The molecule has 0 aliphatic rings. The standard InChI is InChI=1S/C13H25N3/c1-11(2)6-5-7-12(3)14-10-13-8-9-16(4)15-13/h8-9,11-12,14H,5-7,10H2,1-4H3. The molecule has 1 heterocycles. The molecule has 0 radical (unpaired) electrons. The predicted octanol–water partition coefficient (Wildman–Crippen LogP) is 2.72. The Bertz CT molecular complexity index is 291. The van der Waals surface area contributed by atoms with Crippen molar-refractivity contribution in [1.82, 2.24) is 15.1 Å². The van der Waals surface area contributed by atoms with Crippen LogP contribution in [-0.4, -0.2) is 15.8 Å². The summed E-state index contributed by atoms with van der Waals surface area (Å²) in [5, 5.41) is 7.86. The van der Waals surface area contributed by atoms with Gasteiger partial charge in [0.2, 0.25) is 0 Å². The van der Waals surface area contributed by atoms with Crippen LogP contribution in [0.25, 0.3) is 0 Å². The van der Waals surface area contributed by atoms with Crippen LogP contribution in [0, 0.1) is 5.92 Å². The maximum atomic E-state index is 4.35. The molecule has 0 aliphatic heterocycles. The van der Waals surface area contributed by atoms with E-state index in [-0.39, 0.29) is 0 Å². The fourth-order valence-electron chi connectivity index (χ4n) is 1.77. The van der Waals surface area contributed by atoms with Gasteiger partial charge in [0.15, 0.2) is 0 Å². The summed E-state index contributed by atoms with van der Waals surface area (Å²) < 4.78 is 1.85. The minimum Gasteiger partial charge on any atom is -0.309 e. The molecule has 0 fully saturated rings. The average Bonchev–Trinajstić information content (AvgIpc) is 2.61. The van der Waals surface area contributed by atoms with Crippen molar-refractivity contribution in [1.29, 1.82) is 0 Å². The SMILES string of the molecule is CC(C)CCCC(C)NCc1ccn(C)n1. The molecule has 3 heteroatoms. The van der Waals surface area contributed by atoms with Gasteiger partial charge in [-0.05, 0) is 25.3 Å². The lowest BCUT2D eigenvalue weighted by Gasteiger charge is -2.13. The molecular weight excluding hydrogens is 198 g/mol. The first-order chi connectivity index (χ1) is 7.58. The number of hydrogen-bond donors (Lipinski definition) is 1. The van der Waals surface area contributed by atoms with Gasteiger partial charge in [-0.1, -0.05) is 26.7 Å². The van der Waals surface area contributed by atoms with Gasteiger partial charge in [0.1, 0.15) is 0 Å². The molecule has 1 aromatic heterocycles. The fraction of sp³-hybridized carbons (Fsp3) is 0.769. The van der Waals surface area contributed by atoms with E-state index in [4.69, 9.17) is 0 Å². The Morgan fingerprint density at radius 1 is 1.31 bits per heavy atom. The Hall–Kier alpha value is -0.830. The topological polar surface area (TPSA) is 29.9 Å². The third-order valence-electron chi connectivity index (χ3n) is 2.82. The first-order valence-electron chi connectivity index (χ1n) is 6.30. The maximum absolute atomic E-state index is 4.35. The molecule has 0 aromatic carbocycles. The number of aryl methyl sites for hydroxylation is 1. The predicted molar refractivity (Wildman–Crippen MR) is 68.2 cm³/mol. The van der Waals surface area contributed by atoms with E-state index in [1.807, 2.05) is 17.9 Å². The van der Waals surface area contributed by atoms with Crippen LogP contribution in [0.2, 0.25) is 0 Å². The monoisotopic (exact) mass is 223 g/mol. The van der Waals surface area contributed by atoms with Crippen molar-refractivity contribution in [3.63, 3.8) is 0 Å². The maximum Gasteiger partial charge on any atom is 0.0762 e. The summed E-state index contributed by atoms with van der Waals surface area (Å²) in [5.41, 5.74) is 1.12. The van der Waals surface area contributed by atoms with Gasteiger partial charge in [-0.25, -0.2) is 0 Å². The van der Waals surface area contributed by atoms with E-state index in [1.54, 1.807) is 0 Å². The molecule has 1 atom stereocenters. The van der Waals surface area contributed by atoms with Gasteiger partial charge < -0.3 is 5.32 Å². The fourth-order valence-corrected chi connectivity index (χ4v) is 1.77. The summed E-state index contributed by atoms with van der Waals surface area (Å²) in [5.74, 6) is 0.822. The smallest absolute Gasteiger partial charge is 0.0762 e. The lowest BCUT2D eigenvalue weighted by molar-refractivity contribution is 0.454. The summed E-state index contributed by atoms with van der Waals surface area (Å²) >= 11 is 0. The second-order valence-corrected chi connectivity index (χ2v) is 5.09. The van der Waals surface area contributed by atoms with Gasteiger partial charge in [0, 0.05) is 25.8 Å². The van der Waals surface area contributed by atoms with E-state index in [0.717, 1.165) is 18.2 Å². The summed E-state index contributed by atoms with van der Waals surface area (Å²) in [6.45, 7) is 7.70. The largest absolute Gasteiger partial charge is 0.309 e. The Balaban J connectivity index is 2.12. The zero-order valence-electron chi connectivity index (χ0n) is 11.0. The van der Waals surface area contributed by atoms with Crippen LogP contribution in [0.5, 0.6) is 0 Å². The highest BCUT2D eigenvalue weighted by molar-refractivity contribution is 4.98. The molecule has 0 bridgehead atoms. The number of nitrogens with one attached hydrogen (secondary N) is 1. The summed E-state index contributed by atoms with van der Waals surface area (Å²) in [4.78, 5) is 0. The van der Waals surface area contributed by atoms with Crippen LogP contribution in [0.15, 0.2) is 12.3 Å². The second-order valence-electron chi connectivity index (χ2n) is 5.09. The van der Waals surface area contributed by atoms with Crippen LogP contribution in [0.1, 0.15) is 45.7 Å². The number of rotatable bonds is 7. The minimum absolute atomic E-state index is 0.584. The van der Waals surface area contributed by atoms with Crippen LogP contribution >= 0.6 is 0 Å². The van der Waals surface area contributed by atoms with Crippen molar-refractivity contribution in [3.05, 3.63) is 18.0 Å². The molecular formula is C13H25N3. The van der Waals surface area contributed by atoms with Crippen molar-refractivity contribution >= 4 is 0 Å². The lowest BCUT2D eigenvalue weighted by atomic mass is 10.0. The molecule has 1 aromatic rings. The van der Waals surface area contributed by atoms with Gasteiger partial charge in [-0.3, -0.25) is 4.68 Å². The number of hydrogen-bond acceptors (Lipinski definition) is 2. The molecule has 0 saturated carbocycles. The molecule has 1 unspecified atom stereocenters. The van der Waals surface area contributed by atoms with Crippen LogP contribution in [0.4, 0.5) is 0 Å². The Kier molecular flexibility index (Phi) is 5.53. The van der Waals surface area contributed by atoms with E-state index in [2.05, 4.69) is 37.3 Å². The third-order valence-corrected chi connectivity index (χ3v) is 2.82. The molecule has 1 N–H and O–H groups in total. The van der Waals surface area contributed by atoms with Crippen molar-refractivity contribution in [2.24, 2.45) is 13.0 Å².